The summed E-state index contributed by atoms with van der Waals surface area (Å²) in [4.78, 5) is 31.8. The number of thioether (sulfide) groups is 1. The van der Waals surface area contributed by atoms with Gasteiger partial charge in [0, 0.05) is 11.9 Å². The number of aromatic carboxylic acids is 1. The van der Waals surface area contributed by atoms with Crippen molar-refractivity contribution in [2.45, 2.75) is 18.9 Å². The van der Waals surface area contributed by atoms with Crippen LogP contribution >= 0.6 is 23.1 Å². The lowest BCUT2D eigenvalue weighted by molar-refractivity contribution is -0.118. The van der Waals surface area contributed by atoms with Crippen molar-refractivity contribution in [1.82, 2.24) is 15.3 Å². The van der Waals surface area contributed by atoms with E-state index in [2.05, 4.69) is 15.3 Å². The first kappa shape index (κ1) is 14.7. The Bertz CT molecular complexity index is 669. The van der Waals surface area contributed by atoms with Gasteiger partial charge in [-0.15, -0.1) is 11.3 Å². The monoisotopic (exact) mass is 311 g/mol. The second-order valence-electron chi connectivity index (χ2n) is 3.96. The van der Waals surface area contributed by atoms with Crippen molar-refractivity contribution < 1.29 is 14.7 Å². The summed E-state index contributed by atoms with van der Waals surface area (Å²) in [6.45, 7) is 4.18. The Balaban J connectivity index is 2.34. The number of nitrogens with one attached hydrogen (secondary N) is 1. The molecule has 0 aliphatic rings. The number of thiophene rings is 1. The molecule has 0 unspecified atom stereocenters. The van der Waals surface area contributed by atoms with E-state index in [1.54, 1.807) is 6.92 Å². The van der Waals surface area contributed by atoms with E-state index < -0.39 is 5.97 Å². The van der Waals surface area contributed by atoms with Gasteiger partial charge in [-0.1, -0.05) is 11.8 Å². The van der Waals surface area contributed by atoms with Gasteiger partial charge in [0.15, 0.2) is 0 Å². The molecule has 1 amide bonds. The Hall–Kier alpha value is -1.67. The van der Waals surface area contributed by atoms with Crippen LogP contribution in [0.1, 0.15) is 22.2 Å². The zero-order valence-electron chi connectivity index (χ0n) is 11.0. The van der Waals surface area contributed by atoms with E-state index in [-0.39, 0.29) is 16.5 Å². The minimum atomic E-state index is -0.967. The fourth-order valence-electron chi connectivity index (χ4n) is 1.73. The highest BCUT2D eigenvalue weighted by atomic mass is 32.2. The number of aromatic nitrogens is 2. The average molecular weight is 311 g/mol. The lowest BCUT2D eigenvalue weighted by Gasteiger charge is -2.03. The SMILES string of the molecule is CCNC(=O)CSc1ncnc2sc(C(=O)O)c(C)c12. The number of hydrogen-bond acceptors (Lipinski definition) is 6. The van der Waals surface area contributed by atoms with Gasteiger partial charge in [-0.25, -0.2) is 14.8 Å². The number of carbonyl (C=O) groups is 2. The molecule has 0 atom stereocenters. The fourth-order valence-corrected chi connectivity index (χ4v) is 3.67. The van der Waals surface area contributed by atoms with Gasteiger partial charge in [-0.3, -0.25) is 4.79 Å². The Kier molecular flexibility index (Phi) is 4.56. The Morgan fingerprint density at radius 2 is 2.20 bits per heavy atom. The predicted octanol–water partition coefficient (Wildman–Crippen LogP) is 1.93. The van der Waals surface area contributed by atoms with E-state index in [1.165, 1.54) is 18.1 Å². The second kappa shape index (κ2) is 6.19. The largest absolute Gasteiger partial charge is 0.477 e. The summed E-state index contributed by atoms with van der Waals surface area (Å²) in [5, 5.41) is 13.2. The molecule has 6 nitrogen and oxygen atoms in total. The van der Waals surface area contributed by atoms with Crippen molar-refractivity contribution in [3.63, 3.8) is 0 Å². The van der Waals surface area contributed by atoms with Gasteiger partial charge >= 0.3 is 5.97 Å². The number of nitrogens with zero attached hydrogens (tertiary/aromatic N) is 2. The van der Waals surface area contributed by atoms with E-state index in [9.17, 15) is 9.59 Å². The number of aryl methyl sites for hydroxylation is 1. The lowest BCUT2D eigenvalue weighted by Crippen LogP contribution is -2.24. The number of hydrogen-bond donors (Lipinski definition) is 2. The molecule has 0 bridgehead atoms. The van der Waals surface area contributed by atoms with Crippen LogP contribution < -0.4 is 5.32 Å². The molecule has 0 saturated heterocycles. The summed E-state index contributed by atoms with van der Waals surface area (Å²) in [6.07, 6.45) is 1.39. The number of amides is 1. The molecule has 0 saturated carbocycles. The first-order valence-electron chi connectivity index (χ1n) is 5.91. The van der Waals surface area contributed by atoms with Crippen LogP contribution in [-0.2, 0) is 4.79 Å². The molecule has 2 heterocycles. The van der Waals surface area contributed by atoms with Crippen molar-refractivity contribution in [3.8, 4) is 0 Å². The maximum Gasteiger partial charge on any atom is 0.346 e. The third-order valence-electron chi connectivity index (χ3n) is 2.60. The Morgan fingerprint density at radius 3 is 2.85 bits per heavy atom. The summed E-state index contributed by atoms with van der Waals surface area (Å²) in [5.74, 6) is -0.793. The van der Waals surface area contributed by atoms with Crippen LogP contribution in [0.2, 0.25) is 0 Å². The topological polar surface area (TPSA) is 92.2 Å². The summed E-state index contributed by atoms with van der Waals surface area (Å²) in [5.41, 5.74) is 0.650. The highest BCUT2D eigenvalue weighted by Crippen LogP contribution is 2.34. The molecule has 0 fully saturated rings. The predicted molar refractivity (Wildman–Crippen MR) is 78.5 cm³/mol. The van der Waals surface area contributed by atoms with Gasteiger partial charge in [0.2, 0.25) is 5.91 Å². The van der Waals surface area contributed by atoms with E-state index in [0.717, 1.165) is 16.7 Å². The molecule has 0 spiro atoms. The molecule has 0 radical (unpaired) electrons. The number of carboxylic acid groups (broad SMARTS) is 1. The molecule has 2 N–H and O–H groups in total. The number of carbonyl (C=O) groups excluding carboxylic acids is 1. The second-order valence-corrected chi connectivity index (χ2v) is 5.93. The first-order chi connectivity index (χ1) is 9.54. The molecule has 0 aliphatic carbocycles. The van der Waals surface area contributed by atoms with E-state index >= 15 is 0 Å². The standard InChI is InChI=1S/C12H13N3O3S2/c1-3-13-7(16)4-19-10-8-6(2)9(12(17)18)20-11(8)15-5-14-10/h5H,3-4H2,1-2H3,(H,13,16)(H,17,18). The average Bonchev–Trinajstić information content (AvgIpc) is 2.75. The van der Waals surface area contributed by atoms with E-state index in [4.69, 9.17) is 5.11 Å². The van der Waals surface area contributed by atoms with Crippen LogP contribution in [0.3, 0.4) is 0 Å². The normalized spacial score (nSPS) is 10.7. The number of carboxylic acids is 1. The van der Waals surface area contributed by atoms with Crippen LogP contribution in [0.15, 0.2) is 11.4 Å². The Labute approximate surface area is 123 Å². The first-order valence-corrected chi connectivity index (χ1v) is 7.71. The van der Waals surface area contributed by atoms with Gasteiger partial charge < -0.3 is 10.4 Å². The highest BCUT2D eigenvalue weighted by Gasteiger charge is 2.19. The smallest absolute Gasteiger partial charge is 0.346 e. The molecule has 8 heteroatoms. The summed E-state index contributed by atoms with van der Waals surface area (Å²) in [6, 6.07) is 0. The molecule has 2 aromatic rings. The van der Waals surface area contributed by atoms with Crippen molar-refractivity contribution in [2.75, 3.05) is 12.3 Å². The number of rotatable bonds is 5. The molecule has 0 aliphatic heterocycles. The van der Waals surface area contributed by atoms with Crippen LogP contribution in [-0.4, -0.2) is 39.2 Å². The van der Waals surface area contributed by atoms with Crippen LogP contribution in [0.5, 0.6) is 0 Å². The zero-order chi connectivity index (χ0) is 14.7. The van der Waals surface area contributed by atoms with Crippen molar-refractivity contribution >= 4 is 45.2 Å². The summed E-state index contributed by atoms with van der Waals surface area (Å²) >= 11 is 2.41. The van der Waals surface area contributed by atoms with Gasteiger partial charge in [-0.05, 0) is 19.4 Å². The minimum Gasteiger partial charge on any atom is -0.477 e. The van der Waals surface area contributed by atoms with Crippen molar-refractivity contribution in [3.05, 3.63) is 16.8 Å². The third-order valence-corrected chi connectivity index (χ3v) is 4.78. The van der Waals surface area contributed by atoms with Gasteiger partial charge in [-0.2, -0.15) is 0 Å². The Morgan fingerprint density at radius 1 is 1.45 bits per heavy atom. The van der Waals surface area contributed by atoms with Crippen LogP contribution in [0.4, 0.5) is 0 Å². The maximum absolute atomic E-state index is 11.5. The zero-order valence-corrected chi connectivity index (χ0v) is 12.6. The van der Waals surface area contributed by atoms with Gasteiger partial charge in [0.25, 0.3) is 0 Å². The number of fused-ring (bicyclic) bond motifs is 1. The molecular weight excluding hydrogens is 298 g/mol. The van der Waals surface area contributed by atoms with E-state index in [1.807, 2.05) is 6.92 Å². The quantitative estimate of drug-likeness (QED) is 0.647. The molecule has 2 aromatic heterocycles. The summed E-state index contributed by atoms with van der Waals surface area (Å²) < 4.78 is 0. The third kappa shape index (κ3) is 2.91. The maximum atomic E-state index is 11.5. The van der Waals surface area contributed by atoms with Crippen molar-refractivity contribution in [2.24, 2.45) is 0 Å². The van der Waals surface area contributed by atoms with E-state index in [0.29, 0.717) is 22.0 Å². The van der Waals surface area contributed by atoms with Crippen LogP contribution in [0, 0.1) is 6.92 Å². The van der Waals surface area contributed by atoms with Crippen LogP contribution in [0.25, 0.3) is 10.2 Å². The summed E-state index contributed by atoms with van der Waals surface area (Å²) in [7, 11) is 0. The lowest BCUT2D eigenvalue weighted by atomic mass is 10.2. The highest BCUT2D eigenvalue weighted by molar-refractivity contribution is 8.00. The molecule has 2 rings (SSSR count). The fraction of sp³-hybridized carbons (Fsp3) is 0.333. The minimum absolute atomic E-state index is 0.0735. The molecular formula is C12H13N3O3S2. The molecule has 106 valence electrons. The van der Waals surface area contributed by atoms with Crippen molar-refractivity contribution in [1.29, 1.82) is 0 Å². The molecule has 0 aromatic carbocycles. The van der Waals surface area contributed by atoms with Gasteiger partial charge in [0.05, 0.1) is 5.75 Å². The van der Waals surface area contributed by atoms with Gasteiger partial charge in [0.1, 0.15) is 21.1 Å². The molecule has 20 heavy (non-hydrogen) atoms.